The molecule has 19 heteroatoms. The number of benzene rings is 2. The lowest BCUT2D eigenvalue weighted by molar-refractivity contribution is -0.138. The minimum Gasteiger partial charge on any atom is -0.508 e. The van der Waals surface area contributed by atoms with E-state index in [4.69, 9.17) is 19.9 Å². The lowest BCUT2D eigenvalue weighted by atomic mass is 9.95. The largest absolute Gasteiger partial charge is 0.508 e. The predicted molar refractivity (Wildman–Crippen MR) is 229 cm³/mol. The van der Waals surface area contributed by atoms with Crippen LogP contribution in [-0.4, -0.2) is 130 Å². The number of rotatable bonds is 12. The summed E-state index contributed by atoms with van der Waals surface area (Å²) in [5.74, 6) is -2.75. The molecule has 0 saturated heterocycles. The summed E-state index contributed by atoms with van der Waals surface area (Å²) in [5, 5.41) is 46.0. The molecular weight excluding hydrogens is 807 g/mol. The van der Waals surface area contributed by atoms with Gasteiger partial charge in [-0.2, -0.15) is 0 Å². The number of aromatic hydroxyl groups is 2. The first-order valence-corrected chi connectivity index (χ1v) is 20.6. The van der Waals surface area contributed by atoms with Gasteiger partial charge in [0.2, 0.25) is 17.7 Å². The number of aliphatic hydroxyl groups is 1. The van der Waals surface area contributed by atoms with E-state index in [1.54, 1.807) is 86.6 Å². The van der Waals surface area contributed by atoms with Crippen molar-refractivity contribution >= 4 is 36.0 Å². The summed E-state index contributed by atoms with van der Waals surface area (Å²) in [4.78, 5) is 82.1. The highest BCUT2D eigenvalue weighted by Gasteiger charge is 2.34. The van der Waals surface area contributed by atoms with Gasteiger partial charge < -0.3 is 66.7 Å². The molecule has 1 aliphatic heterocycles. The normalized spacial score (nSPS) is 17.8. The molecule has 2 aromatic rings. The topological polar surface area (TPSA) is 280 Å². The molecule has 0 spiro atoms. The zero-order valence-corrected chi connectivity index (χ0v) is 37.2. The fourth-order valence-corrected chi connectivity index (χ4v) is 6.28. The number of nitrogens with two attached hydrogens (primary N) is 1. The van der Waals surface area contributed by atoms with E-state index >= 15 is 0 Å². The number of alkyl carbamates (subject to hydrolysis) is 3. The summed E-state index contributed by atoms with van der Waals surface area (Å²) >= 11 is 0. The molecule has 2 aromatic carbocycles. The summed E-state index contributed by atoms with van der Waals surface area (Å²) in [6.07, 6.45) is -4.19. The van der Waals surface area contributed by atoms with Crippen LogP contribution >= 0.6 is 0 Å². The Labute approximate surface area is 362 Å². The highest BCUT2D eigenvalue weighted by atomic mass is 16.6. The molecule has 19 nitrogen and oxygen atoms in total. The van der Waals surface area contributed by atoms with Crippen LogP contribution < -0.4 is 32.3 Å². The minimum atomic E-state index is -1.42. The van der Waals surface area contributed by atoms with Crippen molar-refractivity contribution in [2.24, 2.45) is 5.73 Å². The fourth-order valence-electron chi connectivity index (χ4n) is 6.28. The van der Waals surface area contributed by atoms with Crippen molar-refractivity contribution in [2.75, 3.05) is 32.7 Å². The number of phenols is 2. The summed E-state index contributed by atoms with van der Waals surface area (Å²) in [6, 6.07) is 5.11. The van der Waals surface area contributed by atoms with Gasteiger partial charge in [-0.3, -0.25) is 14.4 Å². The zero-order chi connectivity index (χ0) is 46.6. The Morgan fingerprint density at radius 2 is 1.29 bits per heavy atom. The number of carbonyl (C=O) groups excluding carboxylic acids is 6. The first-order valence-electron chi connectivity index (χ1n) is 20.6. The first kappa shape index (κ1) is 50.5. The van der Waals surface area contributed by atoms with Crippen molar-refractivity contribution in [2.45, 2.75) is 129 Å². The van der Waals surface area contributed by atoms with Crippen molar-refractivity contribution in [1.29, 1.82) is 0 Å². The molecule has 344 valence electrons. The van der Waals surface area contributed by atoms with Crippen LogP contribution in [0.3, 0.4) is 0 Å². The number of hydrogen-bond donors (Lipinski definition) is 9. The maximum absolute atomic E-state index is 14.5. The van der Waals surface area contributed by atoms with Crippen LogP contribution in [0.25, 0.3) is 11.1 Å². The number of nitrogens with zero attached hydrogens (tertiary/aromatic N) is 1. The third-order valence-electron chi connectivity index (χ3n) is 8.96. The average Bonchev–Trinajstić information content (AvgIpc) is 3.13. The Hall–Kier alpha value is -5.82. The number of aliphatic hydroxyl groups excluding tert-OH is 1. The number of carbonyl (C=O) groups is 6. The number of fused-ring (bicyclic) bond motifs is 5. The maximum Gasteiger partial charge on any atom is 0.408 e. The van der Waals surface area contributed by atoms with Crippen LogP contribution in [0.15, 0.2) is 36.4 Å². The predicted octanol–water partition coefficient (Wildman–Crippen LogP) is 2.70. The Bertz CT molecular complexity index is 1900. The van der Waals surface area contributed by atoms with Crippen LogP contribution in [0.2, 0.25) is 0 Å². The Morgan fingerprint density at radius 1 is 0.774 bits per heavy atom. The number of hydrogen-bond acceptors (Lipinski definition) is 13. The fraction of sp³-hybridized carbons (Fsp3) is 0.581. The molecule has 4 bridgehead atoms. The van der Waals surface area contributed by atoms with Crippen LogP contribution in [0.4, 0.5) is 14.4 Å². The quantitative estimate of drug-likeness (QED) is 0.110. The summed E-state index contributed by atoms with van der Waals surface area (Å²) < 4.78 is 16.0. The lowest BCUT2D eigenvalue weighted by Crippen LogP contribution is -2.58. The van der Waals surface area contributed by atoms with Crippen LogP contribution in [0, 0.1) is 0 Å². The molecule has 1 heterocycles. The van der Waals surface area contributed by atoms with Crippen molar-refractivity contribution in [3.05, 3.63) is 47.5 Å². The van der Waals surface area contributed by atoms with Crippen LogP contribution in [0.5, 0.6) is 11.5 Å². The molecule has 3 rings (SSSR count). The molecule has 0 radical (unpaired) electrons. The van der Waals surface area contributed by atoms with Crippen molar-refractivity contribution in [1.82, 2.24) is 31.5 Å². The first-order chi connectivity index (χ1) is 28.7. The molecule has 10 N–H and O–H groups in total. The summed E-state index contributed by atoms with van der Waals surface area (Å²) in [5.41, 5.74) is 5.00. The monoisotopic (exact) mass is 871 g/mol. The Morgan fingerprint density at radius 3 is 1.82 bits per heavy atom. The van der Waals surface area contributed by atoms with E-state index in [1.807, 2.05) is 0 Å². The third-order valence-corrected chi connectivity index (χ3v) is 8.96. The molecule has 62 heavy (non-hydrogen) atoms. The van der Waals surface area contributed by atoms with Gasteiger partial charge in [-0.1, -0.05) is 12.1 Å². The van der Waals surface area contributed by atoms with Gasteiger partial charge in [0.25, 0.3) is 0 Å². The molecule has 0 aromatic heterocycles. The molecule has 6 amide bonds. The average molecular weight is 872 g/mol. The van der Waals surface area contributed by atoms with E-state index in [0.717, 1.165) is 0 Å². The van der Waals surface area contributed by atoms with Gasteiger partial charge in [-0.25, -0.2) is 14.4 Å². The van der Waals surface area contributed by atoms with E-state index in [2.05, 4.69) is 26.6 Å². The molecule has 0 saturated carbocycles. The SMILES string of the molecule is CC(C)(C)OC(=O)NCCC[C@@H]1NC(=O)[C@@H](NC(=O)OC(C)(C)C)Cc2cc(ccc2O)-c2ccc(O)c(c2)C[C@@H](C(=O)N(CCN)CC(O)CNC(=O)OC(C)(C)C)NC1=O. The van der Waals surface area contributed by atoms with Gasteiger partial charge >= 0.3 is 18.3 Å². The molecule has 1 unspecified atom stereocenters. The number of ether oxygens (including phenoxy) is 3. The van der Waals surface area contributed by atoms with E-state index < -0.39 is 77.0 Å². The van der Waals surface area contributed by atoms with Crippen LogP contribution in [0.1, 0.15) is 86.3 Å². The van der Waals surface area contributed by atoms with Gasteiger partial charge in [0.1, 0.15) is 46.4 Å². The number of phenolic OH excluding ortho intramolecular Hbond substituents is 2. The second-order valence-corrected chi connectivity index (χ2v) is 18.1. The van der Waals surface area contributed by atoms with Gasteiger partial charge in [0, 0.05) is 45.6 Å². The molecule has 4 atom stereocenters. The standard InChI is InChI=1S/C43H65N7O12/c1-41(2,3)60-38(57)45-17-10-11-30-35(54)48-32(37(56)50(18-16-44)24-29(51)23-46-39(58)61-42(4,5)6)22-28-20-26(13-15-34(28)53)25-12-14-33(52)27(19-25)21-31(36(55)47-30)49-40(59)62-43(7,8)9/h12-15,19-20,29-32,51-53H,10-11,16-18,21-24,44H2,1-9H3,(H,45,57)(H,46,58)(H,47,55)(H,48,54)(H,49,59)/t29?,30-,31-,32-/m0/s1. The van der Waals surface area contributed by atoms with Gasteiger partial charge in [-0.15, -0.1) is 0 Å². The number of amides is 6. The molecule has 1 aliphatic rings. The Kier molecular flexibility index (Phi) is 17.8. The van der Waals surface area contributed by atoms with Crippen molar-refractivity contribution in [3.8, 4) is 22.6 Å². The number of nitrogens with one attached hydrogen (secondary N) is 5. The molecule has 0 fully saturated rings. The van der Waals surface area contributed by atoms with Gasteiger partial charge in [0.15, 0.2) is 0 Å². The zero-order valence-electron chi connectivity index (χ0n) is 37.2. The second kappa shape index (κ2) is 21.8. The van der Waals surface area contributed by atoms with Crippen molar-refractivity contribution < 1.29 is 58.3 Å². The van der Waals surface area contributed by atoms with Gasteiger partial charge in [0.05, 0.1) is 6.10 Å². The highest BCUT2D eigenvalue weighted by Crippen LogP contribution is 2.31. The summed E-state index contributed by atoms with van der Waals surface area (Å²) in [6.45, 7) is 14.4. The smallest absolute Gasteiger partial charge is 0.408 e. The van der Waals surface area contributed by atoms with E-state index in [-0.39, 0.29) is 81.0 Å². The summed E-state index contributed by atoms with van der Waals surface area (Å²) in [7, 11) is 0. The third kappa shape index (κ3) is 17.3. The van der Waals surface area contributed by atoms with Gasteiger partial charge in [-0.05, 0) is 122 Å². The molecule has 0 aliphatic carbocycles. The van der Waals surface area contributed by atoms with E-state index in [1.165, 1.54) is 17.0 Å². The minimum absolute atomic E-state index is 0.0251. The Balaban J connectivity index is 2.09. The van der Waals surface area contributed by atoms with Crippen molar-refractivity contribution in [3.63, 3.8) is 0 Å². The second-order valence-electron chi connectivity index (χ2n) is 18.1. The highest BCUT2D eigenvalue weighted by molar-refractivity contribution is 5.94. The lowest BCUT2D eigenvalue weighted by Gasteiger charge is -2.31. The van der Waals surface area contributed by atoms with E-state index in [0.29, 0.717) is 11.1 Å². The maximum atomic E-state index is 14.5. The van der Waals surface area contributed by atoms with Crippen LogP contribution in [-0.2, 0) is 41.4 Å². The van der Waals surface area contributed by atoms with E-state index in [9.17, 15) is 44.1 Å². The molecular formula is C43H65N7O12.